The molecule has 500 valence electrons. The number of hydrogen-bond donors (Lipinski definition) is 8. The number of esters is 3. The summed E-state index contributed by atoms with van der Waals surface area (Å²) in [6, 6.07) is 0. The van der Waals surface area contributed by atoms with Crippen molar-refractivity contribution < 1.29 is 117 Å². The first kappa shape index (κ1) is 72.7. The largest absolute Gasteiger partial charge is 0.457 e. The zero-order valence-electron chi connectivity index (χ0n) is 52.5. The predicted molar refractivity (Wildman–Crippen MR) is 306 cm³/mol. The van der Waals surface area contributed by atoms with E-state index in [0.29, 0.717) is 19.3 Å². The molecule has 0 aromatic carbocycles. The Kier molecular flexibility index (Phi) is 30.5. The Bertz CT molecular complexity index is 1970. The second-order valence-electron chi connectivity index (χ2n) is 25.2. The Morgan fingerprint density at radius 3 is 1.62 bits per heavy atom. The van der Waals surface area contributed by atoms with E-state index in [4.69, 9.17) is 61.6 Å². The molecule has 6 aliphatic rings. The van der Waals surface area contributed by atoms with Crippen LogP contribution >= 0.6 is 0 Å². The van der Waals surface area contributed by atoms with E-state index in [1.54, 1.807) is 27.7 Å². The second kappa shape index (κ2) is 36.1. The van der Waals surface area contributed by atoms with Crippen molar-refractivity contribution in [2.45, 2.75) is 370 Å². The molecule has 6 aliphatic heterocycles. The van der Waals surface area contributed by atoms with E-state index in [-0.39, 0.29) is 18.9 Å². The summed E-state index contributed by atoms with van der Waals surface area (Å²) in [7, 11) is 0. The van der Waals surface area contributed by atoms with Crippen LogP contribution in [0, 0.1) is 5.92 Å². The Labute approximate surface area is 508 Å². The van der Waals surface area contributed by atoms with Gasteiger partial charge >= 0.3 is 17.9 Å². The van der Waals surface area contributed by atoms with Crippen LogP contribution in [0.4, 0.5) is 0 Å². The summed E-state index contributed by atoms with van der Waals surface area (Å²) in [4.78, 5) is 41.0. The number of aliphatic hydroxyl groups excluding tert-OH is 8. The van der Waals surface area contributed by atoms with Gasteiger partial charge in [0.15, 0.2) is 49.8 Å². The second-order valence-corrected chi connectivity index (χ2v) is 25.2. The number of hydrogen-bond acceptors (Lipinski definition) is 24. The molecule has 0 saturated carbocycles. The van der Waals surface area contributed by atoms with Gasteiger partial charge in [-0.25, -0.2) is 0 Å². The fourth-order valence-corrected chi connectivity index (χ4v) is 12.2. The number of carbonyl (C=O) groups excluding carboxylic acids is 3. The quantitative estimate of drug-likeness (QED) is 0.0381. The molecule has 6 rings (SSSR count). The molecule has 0 unspecified atom stereocenters. The highest BCUT2D eigenvalue weighted by Crippen LogP contribution is 2.39. The van der Waals surface area contributed by atoms with Crippen molar-refractivity contribution in [1.82, 2.24) is 0 Å². The van der Waals surface area contributed by atoms with Gasteiger partial charge in [0.25, 0.3) is 0 Å². The summed E-state index contributed by atoms with van der Waals surface area (Å²) in [6.07, 6.45) is -19.4. The number of aliphatic hydroxyl groups is 8. The fraction of sp³-hybridized carbons (Fsp3) is 0.952. The van der Waals surface area contributed by atoms with Crippen LogP contribution in [0.25, 0.3) is 0 Å². The van der Waals surface area contributed by atoms with Crippen molar-refractivity contribution in [3.8, 4) is 0 Å². The van der Waals surface area contributed by atoms with Gasteiger partial charge in [0.05, 0.1) is 42.5 Å². The summed E-state index contributed by atoms with van der Waals surface area (Å²) >= 11 is 0. The molecule has 0 aromatic heterocycles. The van der Waals surface area contributed by atoms with E-state index in [2.05, 4.69) is 13.8 Å². The Balaban J connectivity index is 1.34. The summed E-state index contributed by atoms with van der Waals surface area (Å²) in [6.45, 7) is 15.1. The van der Waals surface area contributed by atoms with Gasteiger partial charge in [0.1, 0.15) is 73.2 Å². The fourth-order valence-electron chi connectivity index (χ4n) is 12.2. The molecule has 0 radical (unpaired) electrons. The molecule has 0 aromatic rings. The van der Waals surface area contributed by atoms with Crippen LogP contribution in [-0.4, -0.2) is 218 Å². The maximum absolute atomic E-state index is 14.3. The summed E-state index contributed by atoms with van der Waals surface area (Å²) < 4.78 is 81.8. The highest BCUT2D eigenvalue weighted by Gasteiger charge is 2.58. The Morgan fingerprint density at radius 2 is 0.953 bits per heavy atom. The molecule has 6 heterocycles. The first-order valence-electron chi connectivity index (χ1n) is 32.6. The SMILES string of the molecule is CCCCCCCCCCCC(=O)O[C@H]1[C@H](O[C@@H]2[C@H]3OC(=O)CCCCCCCCC[C@H](CCCCC)O[C@H]4O[C@H](C)[C@H](O)[C@H](O[C@H](O[C@H]2C)[C@@H]3O)[C@H]4O)O[C@@H](C)[C@H](O[C@@H]2O[C@@H](C)[C@H](OC(=O)C(C)C)[C@@H](O)[C@H]2O)[C@H]1O[C@@H]1O[C@@H](C)[C@H](O)[C@@H](O)[C@H]1O. The zero-order chi connectivity index (χ0) is 62.8. The molecule has 26 atom stereocenters. The first-order valence-corrected chi connectivity index (χ1v) is 32.6. The van der Waals surface area contributed by atoms with Crippen LogP contribution in [0.3, 0.4) is 0 Å². The van der Waals surface area contributed by atoms with Crippen molar-refractivity contribution in [2.24, 2.45) is 5.92 Å². The lowest BCUT2D eigenvalue weighted by Gasteiger charge is -2.51. The van der Waals surface area contributed by atoms with Crippen LogP contribution in [0.5, 0.6) is 0 Å². The van der Waals surface area contributed by atoms with Gasteiger partial charge < -0.3 is 102 Å². The highest BCUT2D eigenvalue weighted by atomic mass is 16.8. The van der Waals surface area contributed by atoms with Gasteiger partial charge in [0.2, 0.25) is 0 Å². The van der Waals surface area contributed by atoms with Crippen molar-refractivity contribution in [1.29, 1.82) is 0 Å². The smallest absolute Gasteiger partial charge is 0.308 e. The normalized spacial score (nSPS) is 41.7. The lowest BCUT2D eigenvalue weighted by atomic mass is 9.95. The first-order chi connectivity index (χ1) is 41.1. The molecule has 0 aliphatic carbocycles. The summed E-state index contributed by atoms with van der Waals surface area (Å²) in [5.74, 6) is -2.66. The van der Waals surface area contributed by atoms with Gasteiger partial charge in [-0.15, -0.1) is 0 Å². The van der Waals surface area contributed by atoms with E-state index in [9.17, 15) is 55.2 Å². The van der Waals surface area contributed by atoms with Crippen molar-refractivity contribution in [2.75, 3.05) is 0 Å². The molecular weight excluding hydrogens is 1130 g/mol. The maximum Gasteiger partial charge on any atom is 0.308 e. The van der Waals surface area contributed by atoms with Crippen LogP contribution in [0.2, 0.25) is 0 Å². The highest BCUT2D eigenvalue weighted by molar-refractivity contribution is 5.72. The standard InChI is InChI=1S/C62H108O24/c1-10-12-14-15-16-17-20-23-28-32-41(64)81-56-55(86-58-46(69)44(67)42(65)34(5)74-58)52(83-59-47(70)45(68)50(36(7)76-59)82-57(73)33(3)4)38(9)78-62(56)84-51-37(8)77-61-49(72)54(51)80-40(63)31-27-24-21-18-19-22-26-30-39(29-25-13-11-2)79-60-48(71)53(85-61)43(66)35(6)75-60/h33-39,42-56,58-62,65-72H,10-32H2,1-9H3/t34-,35+,36-,37-,38-,39-,42-,43-,44+,45-,46+,47+,48+,49+,50-,51-,52-,53-,54-,55+,56+,58-,59-,60+,61-,62-/m0/s1. The van der Waals surface area contributed by atoms with Crippen LogP contribution < -0.4 is 0 Å². The zero-order valence-corrected chi connectivity index (χ0v) is 52.5. The Hall–Kier alpha value is -2.31. The van der Waals surface area contributed by atoms with Crippen LogP contribution in [-0.2, 0) is 76.0 Å². The third-order valence-corrected chi connectivity index (χ3v) is 17.6. The molecular formula is C62H108O24. The van der Waals surface area contributed by atoms with Gasteiger partial charge in [-0.1, -0.05) is 137 Å². The molecule has 24 heteroatoms. The lowest BCUT2D eigenvalue weighted by molar-refractivity contribution is -0.398. The van der Waals surface area contributed by atoms with Gasteiger partial charge in [-0.3, -0.25) is 14.4 Å². The van der Waals surface area contributed by atoms with Crippen molar-refractivity contribution in [3.63, 3.8) is 0 Å². The summed E-state index contributed by atoms with van der Waals surface area (Å²) in [5.41, 5.74) is 0. The molecule has 6 saturated heterocycles. The lowest BCUT2D eigenvalue weighted by Crippen LogP contribution is -2.68. The van der Waals surface area contributed by atoms with E-state index in [0.717, 1.165) is 109 Å². The van der Waals surface area contributed by atoms with E-state index < -0.39 is 177 Å². The summed E-state index contributed by atoms with van der Waals surface area (Å²) in [5, 5.41) is 92.1. The van der Waals surface area contributed by atoms with E-state index in [1.807, 2.05) is 0 Å². The third kappa shape index (κ3) is 20.3. The number of fused-ring (bicyclic) bond motifs is 4. The monoisotopic (exact) mass is 1240 g/mol. The van der Waals surface area contributed by atoms with Crippen molar-refractivity contribution >= 4 is 17.9 Å². The predicted octanol–water partition coefficient (Wildman–Crippen LogP) is 4.94. The van der Waals surface area contributed by atoms with Gasteiger partial charge in [-0.2, -0.15) is 0 Å². The number of unbranched alkanes of at least 4 members (excludes halogenated alkanes) is 10. The number of carbonyl (C=O) groups is 3. The molecule has 86 heavy (non-hydrogen) atoms. The molecule has 0 amide bonds. The average molecular weight is 1240 g/mol. The number of rotatable bonds is 23. The van der Waals surface area contributed by atoms with E-state index in [1.165, 1.54) is 27.2 Å². The molecule has 4 bridgehead atoms. The molecule has 8 N–H and O–H groups in total. The number of ether oxygens (including phenoxy) is 13. The minimum absolute atomic E-state index is 0.0267. The maximum atomic E-state index is 14.3. The molecule has 0 spiro atoms. The van der Waals surface area contributed by atoms with Crippen LogP contribution in [0.15, 0.2) is 0 Å². The van der Waals surface area contributed by atoms with Crippen LogP contribution in [0.1, 0.15) is 210 Å². The Morgan fingerprint density at radius 1 is 0.453 bits per heavy atom. The minimum atomic E-state index is -1.91. The van der Waals surface area contributed by atoms with Gasteiger partial charge in [-0.05, 0) is 60.3 Å². The van der Waals surface area contributed by atoms with Crippen molar-refractivity contribution in [3.05, 3.63) is 0 Å². The third-order valence-electron chi connectivity index (χ3n) is 17.6. The molecule has 6 fully saturated rings. The van der Waals surface area contributed by atoms with E-state index >= 15 is 0 Å². The minimum Gasteiger partial charge on any atom is -0.457 e. The average Bonchev–Trinajstić information content (AvgIpc) is 1.18. The molecule has 24 nitrogen and oxygen atoms in total. The van der Waals surface area contributed by atoms with Gasteiger partial charge in [0, 0.05) is 12.8 Å². The topological polar surface area (TPSA) is 333 Å².